The third-order valence-electron chi connectivity index (χ3n) is 3.20. The molecule has 0 spiro atoms. The maximum absolute atomic E-state index is 12.2. The van der Waals surface area contributed by atoms with Gasteiger partial charge in [0.15, 0.2) is 0 Å². The van der Waals surface area contributed by atoms with Crippen molar-refractivity contribution in [3.8, 4) is 0 Å². The summed E-state index contributed by atoms with van der Waals surface area (Å²) in [5.41, 5.74) is 1.01. The molecule has 1 amide bonds. The van der Waals surface area contributed by atoms with Crippen LogP contribution in [0, 0.1) is 6.92 Å². The van der Waals surface area contributed by atoms with E-state index in [-0.39, 0.29) is 11.9 Å². The van der Waals surface area contributed by atoms with E-state index in [0.717, 1.165) is 20.5 Å². The number of hydrogen-bond donors (Lipinski definition) is 1. The predicted octanol–water partition coefficient (Wildman–Crippen LogP) is 3.28. The maximum Gasteiger partial charge on any atom is 0.305 e. The Balaban J connectivity index is 1.91. The first-order chi connectivity index (χ1) is 10.1. The van der Waals surface area contributed by atoms with E-state index >= 15 is 0 Å². The molecule has 2 rings (SSSR count). The fraction of sp³-hybridized carbons (Fsp3) is 0.375. The number of thiophene rings is 1. The van der Waals surface area contributed by atoms with Gasteiger partial charge in [-0.1, -0.05) is 18.2 Å². The number of ether oxygens (including phenoxy) is 1. The van der Waals surface area contributed by atoms with E-state index in [1.165, 1.54) is 11.3 Å². The van der Waals surface area contributed by atoms with Crippen LogP contribution in [-0.2, 0) is 9.53 Å². The van der Waals surface area contributed by atoms with Crippen molar-refractivity contribution in [3.05, 3.63) is 34.7 Å². The van der Waals surface area contributed by atoms with E-state index in [4.69, 9.17) is 4.74 Å². The van der Waals surface area contributed by atoms with Crippen LogP contribution in [0.5, 0.6) is 0 Å². The summed E-state index contributed by atoms with van der Waals surface area (Å²) >= 11 is 1.50. The molecule has 5 heteroatoms. The number of carbonyl (C=O) groups is 2. The van der Waals surface area contributed by atoms with Gasteiger partial charge in [0.25, 0.3) is 5.91 Å². The zero-order valence-electron chi connectivity index (χ0n) is 12.3. The van der Waals surface area contributed by atoms with Crippen LogP contribution in [0.3, 0.4) is 0 Å². The summed E-state index contributed by atoms with van der Waals surface area (Å²) in [6.07, 6.45) is 0.925. The van der Waals surface area contributed by atoms with Gasteiger partial charge in [0.2, 0.25) is 0 Å². The fourth-order valence-corrected chi connectivity index (χ4v) is 3.26. The van der Waals surface area contributed by atoms with Gasteiger partial charge in [-0.2, -0.15) is 0 Å². The van der Waals surface area contributed by atoms with Gasteiger partial charge < -0.3 is 10.1 Å². The molecule has 0 atom stereocenters. The molecule has 0 radical (unpaired) electrons. The normalized spacial score (nSPS) is 10.6. The zero-order chi connectivity index (χ0) is 15.2. The summed E-state index contributed by atoms with van der Waals surface area (Å²) < 4.78 is 5.96. The molecule has 4 nitrogen and oxygen atoms in total. The van der Waals surface area contributed by atoms with Gasteiger partial charge in [0.05, 0.1) is 11.5 Å². The minimum atomic E-state index is -0.218. The van der Waals surface area contributed by atoms with Crippen LogP contribution < -0.4 is 5.32 Å². The number of aryl methyl sites for hydroxylation is 1. The second kappa shape index (κ2) is 7.22. The summed E-state index contributed by atoms with van der Waals surface area (Å²) in [7, 11) is 0. The van der Waals surface area contributed by atoms with Crippen molar-refractivity contribution in [2.75, 3.05) is 13.2 Å². The van der Waals surface area contributed by atoms with Gasteiger partial charge in [0.1, 0.15) is 0 Å². The number of hydrogen-bond acceptors (Lipinski definition) is 4. The Labute approximate surface area is 128 Å². The summed E-state index contributed by atoms with van der Waals surface area (Å²) in [5, 5.41) is 3.99. The molecular weight excluding hydrogens is 286 g/mol. The van der Waals surface area contributed by atoms with Gasteiger partial charge >= 0.3 is 5.97 Å². The van der Waals surface area contributed by atoms with Gasteiger partial charge in [-0.25, -0.2) is 0 Å². The maximum atomic E-state index is 12.2. The van der Waals surface area contributed by atoms with Crippen LogP contribution in [0.25, 0.3) is 10.1 Å². The number of amides is 1. The molecule has 0 bridgehead atoms. The Morgan fingerprint density at radius 2 is 2.05 bits per heavy atom. The van der Waals surface area contributed by atoms with E-state index in [1.54, 1.807) is 6.92 Å². The van der Waals surface area contributed by atoms with Crippen LogP contribution >= 0.6 is 11.3 Å². The van der Waals surface area contributed by atoms with Crippen molar-refractivity contribution in [1.82, 2.24) is 5.32 Å². The Hall–Kier alpha value is -1.88. The van der Waals surface area contributed by atoms with Crippen LogP contribution in [0.2, 0.25) is 0 Å². The summed E-state index contributed by atoms with van der Waals surface area (Å²) in [5.74, 6) is -0.289. The molecular formula is C16H19NO3S. The molecule has 2 aromatic rings. The highest BCUT2D eigenvalue weighted by Gasteiger charge is 2.14. The van der Waals surface area contributed by atoms with Crippen molar-refractivity contribution < 1.29 is 14.3 Å². The highest BCUT2D eigenvalue weighted by molar-refractivity contribution is 7.21. The molecule has 0 saturated heterocycles. The largest absolute Gasteiger partial charge is 0.466 e. The second-order valence-corrected chi connectivity index (χ2v) is 5.77. The molecule has 0 fully saturated rings. The summed E-state index contributed by atoms with van der Waals surface area (Å²) in [6, 6.07) is 7.99. The van der Waals surface area contributed by atoms with Crippen LogP contribution in [-0.4, -0.2) is 25.0 Å². The molecule has 0 unspecified atom stereocenters. The highest BCUT2D eigenvalue weighted by Crippen LogP contribution is 2.30. The number of rotatable bonds is 6. The van der Waals surface area contributed by atoms with Crippen molar-refractivity contribution in [3.63, 3.8) is 0 Å². The lowest BCUT2D eigenvalue weighted by molar-refractivity contribution is -0.143. The van der Waals surface area contributed by atoms with Gasteiger partial charge in [-0.05, 0) is 37.3 Å². The molecule has 0 aliphatic carbocycles. The number of benzene rings is 1. The summed E-state index contributed by atoms with van der Waals surface area (Å²) in [6.45, 7) is 4.62. The third-order valence-corrected chi connectivity index (χ3v) is 4.47. The van der Waals surface area contributed by atoms with Gasteiger partial charge in [0, 0.05) is 17.7 Å². The van der Waals surface area contributed by atoms with Gasteiger partial charge in [-0.15, -0.1) is 11.3 Å². The smallest absolute Gasteiger partial charge is 0.305 e. The SMILES string of the molecule is CCOC(=O)CCCNC(=O)c1sc2ccccc2c1C. The molecule has 21 heavy (non-hydrogen) atoms. The van der Waals surface area contributed by atoms with Crippen LogP contribution in [0.1, 0.15) is 35.0 Å². The lowest BCUT2D eigenvalue weighted by Crippen LogP contribution is -2.24. The van der Waals surface area contributed by atoms with Crippen molar-refractivity contribution in [2.24, 2.45) is 0 Å². The van der Waals surface area contributed by atoms with E-state index in [0.29, 0.717) is 26.0 Å². The Kier molecular flexibility index (Phi) is 5.33. The standard InChI is InChI=1S/C16H19NO3S/c1-3-20-14(18)9-6-10-17-16(19)15-11(2)12-7-4-5-8-13(12)21-15/h4-5,7-8H,3,6,9-10H2,1-2H3,(H,17,19). The number of nitrogens with one attached hydrogen (secondary N) is 1. The Morgan fingerprint density at radius 1 is 1.29 bits per heavy atom. The fourth-order valence-electron chi connectivity index (χ4n) is 2.14. The van der Waals surface area contributed by atoms with Crippen molar-refractivity contribution in [2.45, 2.75) is 26.7 Å². The Morgan fingerprint density at radius 3 is 2.76 bits per heavy atom. The average Bonchev–Trinajstić information content (AvgIpc) is 2.81. The molecule has 112 valence electrons. The third kappa shape index (κ3) is 3.82. The number of esters is 1. The Bertz CT molecular complexity index is 648. The molecule has 1 aromatic carbocycles. The molecule has 1 N–H and O–H groups in total. The number of carbonyl (C=O) groups excluding carboxylic acids is 2. The molecule has 0 saturated carbocycles. The van der Waals surface area contributed by atoms with Crippen molar-refractivity contribution in [1.29, 1.82) is 0 Å². The first-order valence-corrected chi connectivity index (χ1v) is 7.87. The lowest BCUT2D eigenvalue weighted by Gasteiger charge is -2.04. The minimum Gasteiger partial charge on any atom is -0.466 e. The molecule has 1 heterocycles. The highest BCUT2D eigenvalue weighted by atomic mass is 32.1. The van der Waals surface area contributed by atoms with Gasteiger partial charge in [-0.3, -0.25) is 9.59 Å². The quantitative estimate of drug-likeness (QED) is 0.658. The topological polar surface area (TPSA) is 55.4 Å². The lowest BCUT2D eigenvalue weighted by atomic mass is 10.1. The molecule has 1 aromatic heterocycles. The second-order valence-electron chi connectivity index (χ2n) is 4.72. The van der Waals surface area contributed by atoms with Crippen molar-refractivity contribution >= 4 is 33.3 Å². The monoisotopic (exact) mass is 305 g/mol. The summed E-state index contributed by atoms with van der Waals surface area (Å²) in [4.78, 5) is 24.1. The van der Waals surface area contributed by atoms with E-state index < -0.39 is 0 Å². The van der Waals surface area contributed by atoms with E-state index in [9.17, 15) is 9.59 Å². The van der Waals surface area contributed by atoms with E-state index in [1.807, 2.05) is 31.2 Å². The first-order valence-electron chi connectivity index (χ1n) is 7.05. The molecule has 0 aliphatic rings. The first kappa shape index (κ1) is 15.5. The van der Waals surface area contributed by atoms with Crippen LogP contribution in [0.15, 0.2) is 24.3 Å². The predicted molar refractivity (Wildman–Crippen MR) is 84.8 cm³/mol. The average molecular weight is 305 g/mol. The minimum absolute atomic E-state index is 0.0717. The van der Waals surface area contributed by atoms with E-state index in [2.05, 4.69) is 5.32 Å². The molecule has 0 aliphatic heterocycles. The van der Waals surface area contributed by atoms with Crippen LogP contribution in [0.4, 0.5) is 0 Å². The zero-order valence-corrected chi connectivity index (χ0v) is 13.1. The number of fused-ring (bicyclic) bond motifs is 1.